The van der Waals surface area contributed by atoms with Crippen LogP contribution in [0.5, 0.6) is 0 Å². The van der Waals surface area contributed by atoms with E-state index >= 15 is 0 Å². The van der Waals surface area contributed by atoms with E-state index < -0.39 is 279 Å². The first-order valence-corrected chi connectivity index (χ1v) is 14.2. The van der Waals surface area contributed by atoms with E-state index in [4.69, 9.17) is 26.0 Å². The zero-order valence-corrected chi connectivity index (χ0v) is 24.0. The lowest BCUT2D eigenvalue weighted by atomic mass is 9.83. The maximum Gasteiger partial charge on any atom is 0.0636 e. The van der Waals surface area contributed by atoms with Gasteiger partial charge in [-0.1, -0.05) is 169 Å². The molecule has 0 radical (unpaired) electrons. The van der Waals surface area contributed by atoms with Gasteiger partial charge in [0.15, 0.2) is 0 Å². The second kappa shape index (κ2) is 10.7. The average molecular weight is 637 g/mol. The van der Waals surface area contributed by atoms with E-state index in [1.165, 1.54) is 0 Å². The Labute approximate surface area is 321 Å². The summed E-state index contributed by atoms with van der Waals surface area (Å²) in [5, 5.41) is -8.17. The van der Waals surface area contributed by atoms with Gasteiger partial charge in [-0.05, 0) is 110 Å². The van der Waals surface area contributed by atoms with E-state index in [-0.39, 0.29) is 0 Å². The van der Waals surface area contributed by atoms with Gasteiger partial charge in [0.05, 0.1) is 41.1 Å². The Hall–Kier alpha value is -6.24. The summed E-state index contributed by atoms with van der Waals surface area (Å²) >= 11 is 0. The van der Waals surface area contributed by atoms with E-state index in [0.29, 0.717) is 0 Å². The predicted molar refractivity (Wildman–Crippen MR) is 208 cm³/mol. The molecule has 0 spiro atoms. The van der Waals surface area contributed by atoms with Crippen molar-refractivity contribution in [2.24, 2.45) is 0 Å². The van der Waals surface area contributed by atoms with Crippen molar-refractivity contribution >= 4 is 64.6 Å². The van der Waals surface area contributed by atoms with E-state index in [9.17, 15) is 15.1 Å². The van der Waals surface area contributed by atoms with Crippen molar-refractivity contribution in [1.29, 1.82) is 0 Å². The highest BCUT2D eigenvalue weighted by Crippen LogP contribution is 2.47. The molecule has 0 heterocycles. The number of hydrogen-bond donors (Lipinski definition) is 0. The van der Waals surface area contributed by atoms with E-state index in [1.807, 2.05) is 0 Å². The van der Waals surface area contributed by atoms with Crippen LogP contribution in [-0.4, -0.2) is 0 Å². The van der Waals surface area contributed by atoms with Crippen molar-refractivity contribution < 1.29 is 41.1 Å². The fourth-order valence-corrected chi connectivity index (χ4v) is 6.00. The molecule has 0 aliphatic heterocycles. The Bertz CT molecular complexity index is 4490. The number of hydrogen-bond acceptors (Lipinski definition) is 0. The van der Waals surface area contributed by atoms with Crippen LogP contribution in [0.25, 0.3) is 98.0 Å². The fraction of sp³-hybridized carbons (Fsp3) is 0. The van der Waals surface area contributed by atoms with Gasteiger partial charge >= 0.3 is 0 Å². The van der Waals surface area contributed by atoms with Crippen LogP contribution in [0.1, 0.15) is 41.1 Å². The molecule has 0 saturated carbocycles. The van der Waals surface area contributed by atoms with Crippen molar-refractivity contribution in [2.75, 3.05) is 0 Å². The van der Waals surface area contributed by atoms with Crippen LogP contribution in [-0.2, 0) is 0 Å². The van der Waals surface area contributed by atoms with Gasteiger partial charge in [-0.15, -0.1) is 0 Å². The Kier molecular flexibility index (Phi) is 2.36. The largest absolute Gasteiger partial charge is 0.0636 e. The lowest BCUT2D eigenvalue weighted by molar-refractivity contribution is 1.64. The summed E-state index contributed by atoms with van der Waals surface area (Å²) in [6, 6.07) is -29.1. The number of fused-ring (bicyclic) bond motifs is 8. The van der Waals surface area contributed by atoms with Crippen molar-refractivity contribution in [3.8, 4) is 33.4 Å². The Morgan fingerprint density at radius 2 is 0.583 bits per heavy atom. The molecule has 0 fully saturated rings. The molecule has 222 valence electrons. The molecule has 0 aliphatic rings. The normalized spacial score (nSPS) is 20.5. The Morgan fingerprint density at radius 3 is 1.08 bits per heavy atom. The van der Waals surface area contributed by atoms with Crippen molar-refractivity contribution in [2.45, 2.75) is 0 Å². The maximum atomic E-state index is 9.82. The monoisotopic (exact) mass is 636 g/mol. The van der Waals surface area contributed by atoms with Crippen LogP contribution in [0, 0.1) is 0 Å². The molecule has 0 aromatic heterocycles. The topological polar surface area (TPSA) is 0 Å². The average Bonchev–Trinajstić information content (AvgIpc) is 3.41. The van der Waals surface area contributed by atoms with Gasteiger partial charge in [-0.25, -0.2) is 0 Å². The molecular formula is C48H30. The van der Waals surface area contributed by atoms with Crippen molar-refractivity contribution in [3.05, 3.63) is 181 Å². The fourth-order valence-electron chi connectivity index (χ4n) is 6.00. The van der Waals surface area contributed by atoms with Gasteiger partial charge < -0.3 is 0 Å². The minimum Gasteiger partial charge on any atom is -0.0616 e. The molecule has 0 atom stereocenters. The standard InChI is InChI=1S/C48H30/c1-3-15-35-33(13-1)29-45(39-19-7-5-17-37(35)39)31-25-27-32(28-26-31)47-41-21-9-11-23-43(41)48(44-24-12-10-22-42(44)47)46-30-34-14-2-4-16-36(34)38-18-6-8-20-40(38)46/h1-30H/i1D,2D,3D,4D,5D,6D,7D,8D,9D,10D,11D,12D,13D,14D,15D,16D,17D,18D,19D,20D,21D,22D,23D,24D,25D,26D,27D,28D,29D,30D. The highest BCUT2D eigenvalue weighted by molar-refractivity contribution is 6.26. The van der Waals surface area contributed by atoms with Crippen LogP contribution in [0.15, 0.2) is 181 Å². The second-order valence-corrected chi connectivity index (χ2v) is 10.5. The first-order valence-electron chi connectivity index (χ1n) is 29.2. The number of benzene rings is 10. The zero-order valence-electron chi connectivity index (χ0n) is 54.0. The van der Waals surface area contributed by atoms with Gasteiger partial charge in [0, 0.05) is 0 Å². The molecule has 0 aliphatic carbocycles. The molecule has 0 unspecified atom stereocenters. The van der Waals surface area contributed by atoms with E-state index in [2.05, 4.69) is 0 Å². The van der Waals surface area contributed by atoms with Crippen LogP contribution >= 0.6 is 0 Å². The first kappa shape index (κ1) is 10.6. The van der Waals surface area contributed by atoms with Crippen LogP contribution in [0.2, 0.25) is 0 Å². The Balaban J connectivity index is 1.51. The van der Waals surface area contributed by atoms with Crippen LogP contribution in [0.4, 0.5) is 0 Å². The molecule has 0 heteroatoms. The summed E-state index contributed by atoms with van der Waals surface area (Å²) in [5.74, 6) is 0. The van der Waals surface area contributed by atoms with Gasteiger partial charge in [0.2, 0.25) is 0 Å². The molecule has 10 rings (SSSR count). The van der Waals surface area contributed by atoms with Crippen molar-refractivity contribution in [1.82, 2.24) is 0 Å². The summed E-state index contributed by atoms with van der Waals surface area (Å²) in [6.07, 6.45) is 0. The number of rotatable bonds is 3. The molecule has 48 heavy (non-hydrogen) atoms. The molecule has 0 saturated heterocycles. The van der Waals surface area contributed by atoms with Crippen LogP contribution in [0.3, 0.4) is 0 Å². The SMILES string of the molecule is [2H]c1c([2H])c(-c2c([2H])c3c([2H])c([2H])c([2H])c([2H])c3c3c([2H])c([2H])c([2H])c([2H])c23)c([2H])c([2H])c1-c1c2c([2H])c([2H])c([2H])c([2H])c2c(-c2c([2H])c3c([2H])c([2H])c([2H])c([2H])c3c3c([2H])c([2H])c([2H])c([2H])c23)c2c([2H])c([2H])c([2H])c([2H])c12. The zero-order chi connectivity index (χ0) is 57.7. The van der Waals surface area contributed by atoms with Gasteiger partial charge in [-0.2, -0.15) is 0 Å². The smallest absolute Gasteiger partial charge is 0.0616 e. The first-order chi connectivity index (χ1) is 36.3. The minimum absolute atomic E-state index is 0.532. The summed E-state index contributed by atoms with van der Waals surface area (Å²) < 4.78 is 272. The highest BCUT2D eigenvalue weighted by Gasteiger charge is 2.19. The third-order valence-corrected chi connectivity index (χ3v) is 8.00. The van der Waals surface area contributed by atoms with E-state index in [0.717, 1.165) is 0 Å². The third-order valence-electron chi connectivity index (χ3n) is 8.00. The van der Waals surface area contributed by atoms with Gasteiger partial charge in [0.1, 0.15) is 0 Å². The quantitative estimate of drug-likeness (QED) is 0.134. The molecule has 0 bridgehead atoms. The molecule has 0 N–H and O–H groups in total. The second-order valence-electron chi connectivity index (χ2n) is 10.5. The molecule has 10 aromatic carbocycles. The van der Waals surface area contributed by atoms with Crippen molar-refractivity contribution in [3.63, 3.8) is 0 Å². The van der Waals surface area contributed by atoms with Crippen LogP contribution < -0.4 is 0 Å². The van der Waals surface area contributed by atoms with Gasteiger partial charge in [-0.3, -0.25) is 0 Å². The predicted octanol–water partition coefficient (Wildman–Crippen LogP) is 13.6. The summed E-state index contributed by atoms with van der Waals surface area (Å²) in [4.78, 5) is 0. The molecule has 0 amide bonds. The summed E-state index contributed by atoms with van der Waals surface area (Å²) in [6.45, 7) is 0. The highest BCUT2D eigenvalue weighted by atomic mass is 14.2. The summed E-state index contributed by atoms with van der Waals surface area (Å²) in [5.41, 5.74) is -4.93. The molecule has 0 nitrogen and oxygen atoms in total. The summed E-state index contributed by atoms with van der Waals surface area (Å²) in [7, 11) is 0. The van der Waals surface area contributed by atoms with E-state index in [1.54, 1.807) is 0 Å². The Morgan fingerprint density at radius 1 is 0.250 bits per heavy atom. The third kappa shape index (κ3) is 4.03. The lowest BCUT2D eigenvalue weighted by Gasteiger charge is -2.20. The van der Waals surface area contributed by atoms with Gasteiger partial charge in [0.25, 0.3) is 0 Å². The minimum atomic E-state index is -1.16. The maximum absolute atomic E-state index is 9.82. The molecular weight excluding hydrogens is 577 g/mol. The molecule has 10 aromatic rings. The lowest BCUT2D eigenvalue weighted by Crippen LogP contribution is -1.92.